The largest absolute Gasteiger partial charge is 0.490 e. The van der Waals surface area contributed by atoms with Crippen LogP contribution in [-0.2, 0) is 24.0 Å². The van der Waals surface area contributed by atoms with Gasteiger partial charge in [0.05, 0.1) is 12.5 Å². The topological polar surface area (TPSA) is 230 Å². The molecule has 18 heteroatoms. The molecule has 0 aromatic rings. The third-order valence-corrected chi connectivity index (χ3v) is 2.07. The van der Waals surface area contributed by atoms with Gasteiger partial charge in [-0.05, 0) is 0 Å². The SMILES string of the molecule is NC[C@H](N)C(=O)N[C@@H](CC(=O)O)C(=O)O.O=C(O)C(F)(F)F.O=C(O)C(F)(F)F. The van der Waals surface area contributed by atoms with Gasteiger partial charge in [-0.15, -0.1) is 0 Å². The van der Waals surface area contributed by atoms with Crippen molar-refractivity contribution in [2.24, 2.45) is 11.5 Å². The van der Waals surface area contributed by atoms with Crippen molar-refractivity contribution < 1.29 is 70.7 Å². The van der Waals surface area contributed by atoms with Gasteiger partial charge in [0.2, 0.25) is 5.91 Å². The Kier molecular flexibility index (Phi) is 13.8. The van der Waals surface area contributed by atoms with E-state index in [-0.39, 0.29) is 6.54 Å². The zero-order chi connectivity index (χ0) is 24.2. The van der Waals surface area contributed by atoms with E-state index < -0.39 is 60.6 Å². The molecule has 0 aliphatic carbocycles. The Hall–Kier alpha value is -3.15. The molecular weight excluding hydrogens is 432 g/mol. The summed E-state index contributed by atoms with van der Waals surface area (Å²) in [4.78, 5) is 49.7. The monoisotopic (exact) mass is 447 g/mol. The van der Waals surface area contributed by atoms with Crippen molar-refractivity contribution in [3.05, 3.63) is 0 Å². The van der Waals surface area contributed by atoms with Crippen LogP contribution in [0, 0.1) is 0 Å². The van der Waals surface area contributed by atoms with E-state index in [0.717, 1.165) is 0 Å². The van der Waals surface area contributed by atoms with Crippen molar-refractivity contribution in [1.29, 1.82) is 0 Å². The van der Waals surface area contributed by atoms with Gasteiger partial charge in [0.1, 0.15) is 6.04 Å². The molecule has 0 aromatic heterocycles. The highest BCUT2D eigenvalue weighted by Gasteiger charge is 2.38. The number of alkyl halides is 6. The van der Waals surface area contributed by atoms with E-state index >= 15 is 0 Å². The number of carboxylic acid groups (broad SMARTS) is 4. The normalized spacial score (nSPS) is 12.7. The van der Waals surface area contributed by atoms with E-state index in [1.54, 1.807) is 0 Å². The minimum atomic E-state index is -5.08. The van der Waals surface area contributed by atoms with Gasteiger partial charge in [-0.25, -0.2) is 14.4 Å². The molecule has 29 heavy (non-hydrogen) atoms. The summed E-state index contributed by atoms with van der Waals surface area (Å²) in [5.74, 6) is -9.06. The van der Waals surface area contributed by atoms with Crippen LogP contribution in [0.3, 0.4) is 0 Å². The number of halogens is 6. The van der Waals surface area contributed by atoms with Crippen molar-refractivity contribution >= 4 is 29.8 Å². The Bertz CT molecular complexity index is 570. The van der Waals surface area contributed by atoms with Gasteiger partial charge in [-0.2, -0.15) is 26.3 Å². The second-order valence-electron chi connectivity index (χ2n) is 4.45. The summed E-state index contributed by atoms with van der Waals surface area (Å²) in [6.45, 7) is -0.148. The highest BCUT2D eigenvalue weighted by atomic mass is 19.4. The third-order valence-electron chi connectivity index (χ3n) is 2.07. The van der Waals surface area contributed by atoms with E-state index in [4.69, 9.17) is 41.5 Å². The van der Waals surface area contributed by atoms with Crippen molar-refractivity contribution in [3.8, 4) is 0 Å². The number of carboxylic acids is 4. The Balaban J connectivity index is -0.000000402. The molecule has 170 valence electrons. The number of rotatable bonds is 6. The van der Waals surface area contributed by atoms with Gasteiger partial charge in [-0.3, -0.25) is 9.59 Å². The molecule has 0 spiro atoms. The number of hydrogen-bond donors (Lipinski definition) is 7. The zero-order valence-electron chi connectivity index (χ0n) is 13.8. The molecule has 0 rings (SSSR count). The van der Waals surface area contributed by atoms with Crippen LogP contribution in [0.2, 0.25) is 0 Å². The lowest BCUT2D eigenvalue weighted by Gasteiger charge is -2.15. The van der Waals surface area contributed by atoms with Gasteiger partial charge in [0.15, 0.2) is 0 Å². The minimum Gasteiger partial charge on any atom is -0.481 e. The molecule has 1 amide bonds. The maximum Gasteiger partial charge on any atom is 0.490 e. The van der Waals surface area contributed by atoms with Gasteiger partial charge in [0.25, 0.3) is 0 Å². The fraction of sp³-hybridized carbons (Fsp3) is 0.545. The maximum atomic E-state index is 11.1. The summed E-state index contributed by atoms with van der Waals surface area (Å²) in [6, 6.07) is -2.53. The molecule has 0 unspecified atom stereocenters. The summed E-state index contributed by atoms with van der Waals surface area (Å²) in [6.07, 6.45) is -10.9. The number of carbonyl (C=O) groups excluding carboxylic acids is 1. The predicted octanol–water partition coefficient (Wildman–Crippen LogP) is -1.42. The standard InChI is InChI=1S/C7H13N3O5.2C2HF3O2/c8-2-3(9)6(13)10-4(7(14)15)1-5(11)12;2*3-2(4,5)1(6)7/h3-4H,1-2,8-9H2,(H,10,13)(H,11,12)(H,14,15);2*(H,6,7)/t3-,4-;;/m0../s1. The lowest BCUT2D eigenvalue weighted by Crippen LogP contribution is -2.51. The second-order valence-corrected chi connectivity index (χ2v) is 4.45. The molecule has 0 radical (unpaired) electrons. The highest BCUT2D eigenvalue weighted by molar-refractivity contribution is 5.89. The molecule has 12 nitrogen and oxygen atoms in total. The van der Waals surface area contributed by atoms with Crippen LogP contribution in [-0.4, -0.2) is 81.2 Å². The predicted molar refractivity (Wildman–Crippen MR) is 76.2 cm³/mol. The lowest BCUT2D eigenvalue weighted by molar-refractivity contribution is -0.193. The Labute approximate surface area is 156 Å². The molecule has 0 saturated heterocycles. The van der Waals surface area contributed by atoms with Gasteiger partial charge in [0, 0.05) is 6.54 Å². The molecule has 0 fully saturated rings. The van der Waals surface area contributed by atoms with Crippen LogP contribution in [0.4, 0.5) is 26.3 Å². The molecule has 0 heterocycles. The number of carbonyl (C=O) groups is 5. The molecule has 0 aliphatic rings. The number of nitrogens with two attached hydrogens (primary N) is 2. The van der Waals surface area contributed by atoms with Crippen molar-refractivity contribution in [3.63, 3.8) is 0 Å². The summed E-state index contributed by atoms with van der Waals surface area (Å²) in [5, 5.41) is 33.2. The lowest BCUT2D eigenvalue weighted by atomic mass is 10.2. The number of nitrogens with one attached hydrogen (secondary N) is 1. The molecule has 2 atom stereocenters. The molecule has 0 aromatic carbocycles. The highest BCUT2D eigenvalue weighted by Crippen LogP contribution is 2.13. The van der Waals surface area contributed by atoms with Crippen molar-refractivity contribution in [2.45, 2.75) is 30.9 Å². The first-order valence-electron chi connectivity index (χ1n) is 6.58. The van der Waals surface area contributed by atoms with Crippen molar-refractivity contribution in [2.75, 3.05) is 6.54 Å². The molecule has 0 bridgehead atoms. The van der Waals surface area contributed by atoms with E-state index in [9.17, 15) is 40.7 Å². The van der Waals surface area contributed by atoms with Gasteiger partial charge in [-0.1, -0.05) is 0 Å². The van der Waals surface area contributed by atoms with E-state index in [0.29, 0.717) is 0 Å². The summed E-state index contributed by atoms with van der Waals surface area (Å²) in [5.41, 5.74) is 10.3. The third kappa shape index (κ3) is 18.0. The first kappa shape index (κ1) is 30.6. The molecule has 0 saturated carbocycles. The van der Waals surface area contributed by atoms with E-state index in [1.165, 1.54) is 0 Å². The van der Waals surface area contributed by atoms with Crippen LogP contribution in [0.15, 0.2) is 0 Å². The van der Waals surface area contributed by atoms with E-state index in [2.05, 4.69) is 0 Å². The average molecular weight is 447 g/mol. The number of amides is 1. The van der Waals surface area contributed by atoms with Gasteiger partial charge >= 0.3 is 36.2 Å². The Morgan fingerprint density at radius 2 is 1.14 bits per heavy atom. The zero-order valence-corrected chi connectivity index (χ0v) is 13.8. The summed E-state index contributed by atoms with van der Waals surface area (Å²) in [7, 11) is 0. The van der Waals surface area contributed by atoms with Gasteiger partial charge < -0.3 is 37.2 Å². The second kappa shape index (κ2) is 13.1. The maximum absolute atomic E-state index is 11.1. The first-order chi connectivity index (χ1) is 12.8. The first-order valence-corrected chi connectivity index (χ1v) is 6.58. The fourth-order valence-corrected chi connectivity index (χ4v) is 0.760. The van der Waals surface area contributed by atoms with Crippen LogP contribution in [0.25, 0.3) is 0 Å². The summed E-state index contributed by atoms with van der Waals surface area (Å²) >= 11 is 0. The smallest absolute Gasteiger partial charge is 0.481 e. The molecule has 9 N–H and O–H groups in total. The minimum absolute atomic E-state index is 0.148. The van der Waals surface area contributed by atoms with Crippen LogP contribution < -0.4 is 16.8 Å². The average Bonchev–Trinajstić information content (AvgIpc) is 2.52. The van der Waals surface area contributed by atoms with Crippen LogP contribution >= 0.6 is 0 Å². The number of hydrogen-bond acceptors (Lipinski definition) is 7. The van der Waals surface area contributed by atoms with Crippen LogP contribution in [0.5, 0.6) is 0 Å². The summed E-state index contributed by atoms with van der Waals surface area (Å²) < 4.78 is 63.5. The molecular formula is C11H15F6N3O9. The molecule has 0 aliphatic heterocycles. The Morgan fingerprint density at radius 1 is 0.828 bits per heavy atom. The number of aliphatic carboxylic acids is 4. The Morgan fingerprint density at radius 3 is 1.31 bits per heavy atom. The van der Waals surface area contributed by atoms with E-state index in [1.807, 2.05) is 5.32 Å². The van der Waals surface area contributed by atoms with Crippen molar-refractivity contribution in [1.82, 2.24) is 5.32 Å². The van der Waals surface area contributed by atoms with Crippen LogP contribution in [0.1, 0.15) is 6.42 Å². The quantitative estimate of drug-likeness (QED) is 0.234. The fourth-order valence-electron chi connectivity index (χ4n) is 0.760.